The Balaban J connectivity index is 1.98. The minimum atomic E-state index is 0.820. The third-order valence-corrected chi connectivity index (χ3v) is 4.21. The molecule has 2 heterocycles. The number of hydrogen-bond acceptors (Lipinski definition) is 4. The Labute approximate surface area is 129 Å². The van der Waals surface area contributed by atoms with Gasteiger partial charge in [0.15, 0.2) is 0 Å². The molecular formula is C15H20ClN3S. The Morgan fingerprint density at radius 2 is 2.20 bits per heavy atom. The lowest BCUT2D eigenvalue weighted by molar-refractivity contribution is 0.664. The highest BCUT2D eigenvalue weighted by atomic mass is 35.5. The molecule has 2 rings (SSSR count). The normalized spacial score (nSPS) is 10.8. The smallest absolute Gasteiger partial charge is 0.0931 e. The number of nitrogens with one attached hydrogen (secondary N) is 1. The third kappa shape index (κ3) is 4.47. The molecule has 5 heteroatoms. The van der Waals surface area contributed by atoms with E-state index in [1.165, 1.54) is 10.6 Å². The van der Waals surface area contributed by atoms with Gasteiger partial charge in [0.1, 0.15) is 0 Å². The molecule has 0 unspecified atom stereocenters. The van der Waals surface area contributed by atoms with Crippen LogP contribution in [0, 0.1) is 0 Å². The predicted molar refractivity (Wildman–Crippen MR) is 87.7 cm³/mol. The highest BCUT2D eigenvalue weighted by molar-refractivity contribution is 7.16. The van der Waals surface area contributed by atoms with Crippen molar-refractivity contribution in [3.63, 3.8) is 0 Å². The lowest BCUT2D eigenvalue weighted by Gasteiger charge is -2.19. The Morgan fingerprint density at radius 1 is 1.35 bits per heavy atom. The number of rotatable bonds is 7. The van der Waals surface area contributed by atoms with Crippen molar-refractivity contribution in [2.75, 3.05) is 18.5 Å². The predicted octanol–water partition coefficient (Wildman–Crippen LogP) is 3.93. The van der Waals surface area contributed by atoms with Gasteiger partial charge in [-0.2, -0.15) is 0 Å². The fraction of sp³-hybridized carbons (Fsp3) is 0.400. The van der Waals surface area contributed by atoms with Crippen LogP contribution < -0.4 is 10.2 Å². The molecule has 0 saturated carbocycles. The van der Waals surface area contributed by atoms with Gasteiger partial charge in [-0.25, -0.2) is 0 Å². The molecule has 0 aliphatic carbocycles. The van der Waals surface area contributed by atoms with Crippen molar-refractivity contribution in [2.24, 2.45) is 0 Å². The van der Waals surface area contributed by atoms with Gasteiger partial charge in [0, 0.05) is 30.4 Å². The first-order valence-corrected chi connectivity index (χ1v) is 7.99. The Bertz CT molecular complexity index is 541. The molecule has 0 radical (unpaired) electrons. The second-order valence-electron chi connectivity index (χ2n) is 4.74. The number of thiophene rings is 1. The summed E-state index contributed by atoms with van der Waals surface area (Å²) in [5.74, 6) is 0. The summed E-state index contributed by atoms with van der Waals surface area (Å²) in [5, 5.41) is 3.37. The summed E-state index contributed by atoms with van der Waals surface area (Å²) >= 11 is 7.60. The van der Waals surface area contributed by atoms with E-state index in [4.69, 9.17) is 11.6 Å². The lowest BCUT2D eigenvalue weighted by atomic mass is 10.3. The molecule has 0 amide bonds. The SMILES string of the molecule is CCCNCc1cc(N(C)Cc2ccc(Cl)s2)ccn1. The highest BCUT2D eigenvalue weighted by Crippen LogP contribution is 2.24. The fourth-order valence-corrected chi connectivity index (χ4v) is 3.10. The number of anilines is 1. The van der Waals surface area contributed by atoms with Crippen LogP contribution in [-0.2, 0) is 13.1 Å². The van der Waals surface area contributed by atoms with E-state index in [9.17, 15) is 0 Å². The first kappa shape index (κ1) is 15.3. The molecule has 0 aromatic carbocycles. The van der Waals surface area contributed by atoms with Gasteiger partial charge in [-0.05, 0) is 37.2 Å². The molecule has 0 aliphatic heterocycles. The minimum Gasteiger partial charge on any atom is -0.369 e. The number of hydrogen-bond donors (Lipinski definition) is 1. The van der Waals surface area contributed by atoms with Crippen LogP contribution in [0.4, 0.5) is 5.69 Å². The van der Waals surface area contributed by atoms with Gasteiger partial charge in [-0.15, -0.1) is 11.3 Å². The van der Waals surface area contributed by atoms with E-state index in [1.54, 1.807) is 11.3 Å². The number of halogens is 1. The largest absolute Gasteiger partial charge is 0.369 e. The summed E-state index contributed by atoms with van der Waals surface area (Å²) < 4.78 is 0.840. The third-order valence-electron chi connectivity index (χ3n) is 3.00. The van der Waals surface area contributed by atoms with Crippen molar-refractivity contribution in [1.82, 2.24) is 10.3 Å². The van der Waals surface area contributed by atoms with Crippen LogP contribution in [-0.4, -0.2) is 18.6 Å². The van der Waals surface area contributed by atoms with Gasteiger partial charge < -0.3 is 10.2 Å². The molecule has 0 bridgehead atoms. The van der Waals surface area contributed by atoms with Crippen molar-refractivity contribution in [2.45, 2.75) is 26.4 Å². The van der Waals surface area contributed by atoms with Crippen LogP contribution in [0.2, 0.25) is 4.34 Å². The molecular weight excluding hydrogens is 290 g/mol. The highest BCUT2D eigenvalue weighted by Gasteiger charge is 2.06. The molecule has 3 nitrogen and oxygen atoms in total. The average molecular weight is 310 g/mol. The summed E-state index contributed by atoms with van der Waals surface area (Å²) in [6.07, 6.45) is 3.01. The summed E-state index contributed by atoms with van der Waals surface area (Å²) in [7, 11) is 2.09. The van der Waals surface area contributed by atoms with Crippen molar-refractivity contribution in [3.8, 4) is 0 Å². The van der Waals surface area contributed by atoms with E-state index in [0.29, 0.717) is 0 Å². The van der Waals surface area contributed by atoms with E-state index < -0.39 is 0 Å². The zero-order valence-corrected chi connectivity index (χ0v) is 13.5. The molecule has 1 N–H and O–H groups in total. The van der Waals surface area contributed by atoms with Crippen molar-refractivity contribution < 1.29 is 0 Å². The van der Waals surface area contributed by atoms with E-state index in [0.717, 1.165) is 36.1 Å². The molecule has 0 fully saturated rings. The maximum atomic E-state index is 5.97. The van der Waals surface area contributed by atoms with Crippen LogP contribution in [0.5, 0.6) is 0 Å². The van der Waals surface area contributed by atoms with E-state index in [1.807, 2.05) is 18.3 Å². The monoisotopic (exact) mass is 309 g/mol. The molecule has 0 aliphatic rings. The summed E-state index contributed by atoms with van der Waals surface area (Å²) in [6.45, 7) is 4.87. The summed E-state index contributed by atoms with van der Waals surface area (Å²) in [4.78, 5) is 7.88. The summed E-state index contributed by atoms with van der Waals surface area (Å²) in [6, 6.07) is 8.20. The molecule has 2 aromatic rings. The topological polar surface area (TPSA) is 28.2 Å². The van der Waals surface area contributed by atoms with Crippen LogP contribution in [0.1, 0.15) is 23.9 Å². The molecule has 0 saturated heterocycles. The van der Waals surface area contributed by atoms with Crippen LogP contribution in [0.25, 0.3) is 0 Å². The average Bonchev–Trinajstić information content (AvgIpc) is 2.85. The molecule has 108 valence electrons. The van der Waals surface area contributed by atoms with Crippen molar-refractivity contribution in [3.05, 3.63) is 45.4 Å². The quantitative estimate of drug-likeness (QED) is 0.785. The number of nitrogens with zero attached hydrogens (tertiary/aromatic N) is 2. The fourth-order valence-electron chi connectivity index (χ4n) is 1.95. The maximum absolute atomic E-state index is 5.97. The van der Waals surface area contributed by atoms with Gasteiger partial charge in [0.05, 0.1) is 16.6 Å². The molecule has 0 atom stereocenters. The van der Waals surface area contributed by atoms with E-state index in [-0.39, 0.29) is 0 Å². The second-order valence-corrected chi connectivity index (χ2v) is 6.54. The van der Waals surface area contributed by atoms with Crippen molar-refractivity contribution >= 4 is 28.6 Å². The molecule has 2 aromatic heterocycles. The van der Waals surface area contributed by atoms with Gasteiger partial charge in [0.25, 0.3) is 0 Å². The zero-order valence-electron chi connectivity index (χ0n) is 11.9. The number of pyridine rings is 1. The lowest BCUT2D eigenvalue weighted by Crippen LogP contribution is -2.18. The Morgan fingerprint density at radius 3 is 2.90 bits per heavy atom. The first-order chi connectivity index (χ1) is 9.69. The number of aromatic nitrogens is 1. The van der Waals surface area contributed by atoms with E-state index >= 15 is 0 Å². The summed E-state index contributed by atoms with van der Waals surface area (Å²) in [5.41, 5.74) is 2.25. The van der Waals surface area contributed by atoms with Crippen LogP contribution in [0.15, 0.2) is 30.5 Å². The standard InChI is InChI=1S/C15H20ClN3S/c1-3-7-17-10-12-9-13(6-8-18-12)19(2)11-14-4-5-15(16)20-14/h4-6,8-9,17H,3,7,10-11H2,1-2H3. The molecule has 0 spiro atoms. The second kappa shape index (κ2) is 7.62. The van der Waals surface area contributed by atoms with E-state index in [2.05, 4.69) is 41.3 Å². The van der Waals surface area contributed by atoms with Gasteiger partial charge in [0.2, 0.25) is 0 Å². The minimum absolute atomic E-state index is 0.820. The van der Waals surface area contributed by atoms with Crippen LogP contribution >= 0.6 is 22.9 Å². The molecule has 20 heavy (non-hydrogen) atoms. The zero-order chi connectivity index (χ0) is 14.4. The van der Waals surface area contributed by atoms with Gasteiger partial charge >= 0.3 is 0 Å². The van der Waals surface area contributed by atoms with Gasteiger partial charge in [-0.3, -0.25) is 4.98 Å². The van der Waals surface area contributed by atoms with Crippen LogP contribution in [0.3, 0.4) is 0 Å². The Hall–Kier alpha value is -1.10. The maximum Gasteiger partial charge on any atom is 0.0931 e. The first-order valence-electron chi connectivity index (χ1n) is 6.80. The Kier molecular flexibility index (Phi) is 5.83. The van der Waals surface area contributed by atoms with Gasteiger partial charge in [-0.1, -0.05) is 18.5 Å². The van der Waals surface area contributed by atoms with Crippen molar-refractivity contribution in [1.29, 1.82) is 0 Å².